The van der Waals surface area contributed by atoms with Crippen LogP contribution in [0.5, 0.6) is 5.88 Å². The van der Waals surface area contributed by atoms with Gasteiger partial charge in [0, 0.05) is 18.1 Å². The summed E-state index contributed by atoms with van der Waals surface area (Å²) in [6.45, 7) is 5.04. The van der Waals surface area contributed by atoms with E-state index in [-0.39, 0.29) is 5.88 Å². The van der Waals surface area contributed by atoms with Crippen LogP contribution in [0.25, 0.3) is 21.8 Å². The van der Waals surface area contributed by atoms with E-state index in [1.165, 1.54) is 5.56 Å². The van der Waals surface area contributed by atoms with Crippen LogP contribution >= 0.6 is 0 Å². The number of hydrogen-bond acceptors (Lipinski definition) is 3. The number of nitrogens with zero attached hydrogens (tertiary/aromatic N) is 2. The summed E-state index contributed by atoms with van der Waals surface area (Å²) in [6.07, 6.45) is 6.16. The molecule has 0 unspecified atom stereocenters. The fourth-order valence-electron chi connectivity index (χ4n) is 3.05. The average molecular weight is 297 g/mol. The number of para-hydroxylation sites is 1. The first-order valence-electron chi connectivity index (χ1n) is 8.06. The molecule has 3 rings (SSSR count). The number of aromatic hydroxyl groups is 1. The Hall–Kier alpha value is -2.23. The summed E-state index contributed by atoms with van der Waals surface area (Å²) in [5, 5.41) is 12.0. The van der Waals surface area contributed by atoms with Crippen LogP contribution in [0.4, 0.5) is 5.69 Å². The molecule has 22 heavy (non-hydrogen) atoms. The van der Waals surface area contributed by atoms with Gasteiger partial charge in [0.05, 0.1) is 22.1 Å². The molecule has 4 nitrogen and oxygen atoms in total. The van der Waals surface area contributed by atoms with E-state index >= 15 is 0 Å². The number of nitrogens with two attached hydrogens (primary N) is 1. The Morgan fingerprint density at radius 1 is 1.23 bits per heavy atom. The topological polar surface area (TPSA) is 64.1 Å². The Morgan fingerprint density at radius 3 is 2.77 bits per heavy atom. The van der Waals surface area contributed by atoms with Crippen LogP contribution in [0.3, 0.4) is 0 Å². The second kappa shape index (κ2) is 5.87. The lowest BCUT2D eigenvalue weighted by Gasteiger charge is -2.08. The van der Waals surface area contributed by atoms with Crippen molar-refractivity contribution in [3.63, 3.8) is 0 Å². The summed E-state index contributed by atoms with van der Waals surface area (Å²) >= 11 is 0. The van der Waals surface area contributed by atoms with Crippen molar-refractivity contribution in [3.05, 3.63) is 30.0 Å². The van der Waals surface area contributed by atoms with E-state index < -0.39 is 0 Å². The molecule has 0 bridgehead atoms. The Balaban J connectivity index is 2.27. The first-order valence-corrected chi connectivity index (χ1v) is 8.06. The number of rotatable bonds is 5. The van der Waals surface area contributed by atoms with Crippen LogP contribution in [0, 0.1) is 0 Å². The van der Waals surface area contributed by atoms with E-state index in [0.717, 1.165) is 48.6 Å². The SMILES string of the molecule is CCCCc1cccc2c(N)c3c(O)n(CCC)cc3nc12. The van der Waals surface area contributed by atoms with E-state index in [2.05, 4.69) is 19.9 Å². The molecule has 2 heterocycles. The largest absolute Gasteiger partial charge is 0.494 e. The molecule has 3 N–H and O–H groups in total. The summed E-state index contributed by atoms with van der Waals surface area (Å²) < 4.78 is 1.83. The summed E-state index contributed by atoms with van der Waals surface area (Å²) in [6, 6.07) is 6.14. The minimum absolute atomic E-state index is 0.225. The number of pyridine rings is 1. The van der Waals surface area contributed by atoms with Crippen molar-refractivity contribution in [2.75, 3.05) is 5.73 Å². The third-order valence-corrected chi connectivity index (χ3v) is 4.21. The van der Waals surface area contributed by atoms with Gasteiger partial charge in [-0.25, -0.2) is 4.98 Å². The Morgan fingerprint density at radius 2 is 2.05 bits per heavy atom. The van der Waals surface area contributed by atoms with Crippen molar-refractivity contribution in [2.24, 2.45) is 0 Å². The molecule has 0 saturated heterocycles. The van der Waals surface area contributed by atoms with Gasteiger partial charge in [-0.2, -0.15) is 0 Å². The van der Waals surface area contributed by atoms with Gasteiger partial charge in [0.2, 0.25) is 5.88 Å². The van der Waals surface area contributed by atoms with Gasteiger partial charge in [0.15, 0.2) is 0 Å². The molecule has 1 aromatic carbocycles. The molecule has 3 aromatic rings. The third-order valence-electron chi connectivity index (χ3n) is 4.21. The van der Waals surface area contributed by atoms with Gasteiger partial charge >= 0.3 is 0 Å². The maximum absolute atomic E-state index is 10.4. The lowest BCUT2D eigenvalue weighted by Crippen LogP contribution is -1.95. The zero-order valence-corrected chi connectivity index (χ0v) is 13.3. The lowest BCUT2D eigenvalue weighted by molar-refractivity contribution is 0.421. The molecule has 0 amide bonds. The quantitative estimate of drug-likeness (QED) is 0.740. The number of aromatic nitrogens is 2. The van der Waals surface area contributed by atoms with Crippen LogP contribution in [-0.2, 0) is 13.0 Å². The van der Waals surface area contributed by atoms with Crippen molar-refractivity contribution in [1.29, 1.82) is 0 Å². The zero-order valence-electron chi connectivity index (χ0n) is 13.3. The zero-order chi connectivity index (χ0) is 15.7. The van der Waals surface area contributed by atoms with Crippen LogP contribution < -0.4 is 5.73 Å². The summed E-state index contributed by atoms with van der Waals surface area (Å²) in [7, 11) is 0. The predicted molar refractivity (Wildman–Crippen MR) is 92.2 cm³/mol. The third kappa shape index (κ3) is 2.28. The minimum atomic E-state index is 0.225. The van der Waals surface area contributed by atoms with Crippen molar-refractivity contribution in [2.45, 2.75) is 46.1 Å². The Bertz CT molecular complexity index is 820. The number of unbranched alkanes of at least 4 members (excludes halogenated alkanes) is 1. The highest BCUT2D eigenvalue weighted by atomic mass is 16.3. The van der Waals surface area contributed by atoms with Crippen LogP contribution in [0.1, 0.15) is 38.7 Å². The van der Waals surface area contributed by atoms with E-state index in [4.69, 9.17) is 10.7 Å². The van der Waals surface area contributed by atoms with Gasteiger partial charge in [-0.15, -0.1) is 0 Å². The van der Waals surface area contributed by atoms with Crippen molar-refractivity contribution in [3.8, 4) is 5.88 Å². The molecule has 0 atom stereocenters. The molecule has 0 aliphatic rings. The molecule has 116 valence electrons. The standard InChI is InChI=1S/C18H23N3O/c1-3-5-7-12-8-6-9-13-16(19)15-14(20-17(12)13)11-21(10-4-2)18(15)22/h6,8-9,11,22H,3-5,7,10,19H2,1-2H3. The number of nitrogen functional groups attached to an aromatic ring is 1. The molecule has 0 aliphatic carbocycles. The number of benzene rings is 1. The molecular weight excluding hydrogens is 274 g/mol. The fraction of sp³-hybridized carbons (Fsp3) is 0.389. The second-order valence-electron chi connectivity index (χ2n) is 5.85. The van der Waals surface area contributed by atoms with Gasteiger partial charge in [-0.1, -0.05) is 38.5 Å². The molecule has 0 saturated carbocycles. The fourth-order valence-corrected chi connectivity index (χ4v) is 3.05. The minimum Gasteiger partial charge on any atom is -0.494 e. The van der Waals surface area contributed by atoms with E-state index in [1.807, 2.05) is 22.9 Å². The second-order valence-corrected chi connectivity index (χ2v) is 5.85. The van der Waals surface area contributed by atoms with Crippen molar-refractivity contribution >= 4 is 27.5 Å². The monoisotopic (exact) mass is 297 g/mol. The van der Waals surface area contributed by atoms with Crippen LogP contribution in [-0.4, -0.2) is 14.7 Å². The van der Waals surface area contributed by atoms with Gasteiger partial charge < -0.3 is 15.4 Å². The maximum atomic E-state index is 10.4. The maximum Gasteiger partial charge on any atom is 0.202 e. The lowest BCUT2D eigenvalue weighted by atomic mass is 10.0. The Kier molecular flexibility index (Phi) is 3.92. The average Bonchev–Trinajstić information content (AvgIpc) is 2.82. The molecule has 2 aromatic heterocycles. The molecule has 0 fully saturated rings. The highest BCUT2D eigenvalue weighted by molar-refractivity contribution is 6.09. The molecule has 4 heteroatoms. The van der Waals surface area contributed by atoms with Crippen molar-refractivity contribution < 1.29 is 5.11 Å². The molecule has 0 radical (unpaired) electrons. The van der Waals surface area contributed by atoms with Crippen LogP contribution in [0.2, 0.25) is 0 Å². The van der Waals surface area contributed by atoms with Gasteiger partial charge in [-0.3, -0.25) is 0 Å². The number of fused-ring (bicyclic) bond motifs is 2. The van der Waals surface area contributed by atoms with Crippen molar-refractivity contribution in [1.82, 2.24) is 9.55 Å². The first-order chi connectivity index (χ1) is 10.7. The van der Waals surface area contributed by atoms with E-state index in [1.54, 1.807) is 0 Å². The summed E-state index contributed by atoms with van der Waals surface area (Å²) in [5.41, 5.74) is 9.96. The number of hydrogen-bond donors (Lipinski definition) is 2. The highest BCUT2D eigenvalue weighted by Crippen LogP contribution is 2.36. The van der Waals surface area contributed by atoms with Gasteiger partial charge in [-0.05, 0) is 24.8 Å². The normalized spacial score (nSPS) is 11.5. The first kappa shape index (κ1) is 14.7. The highest BCUT2D eigenvalue weighted by Gasteiger charge is 2.16. The van der Waals surface area contributed by atoms with E-state index in [0.29, 0.717) is 11.1 Å². The number of anilines is 1. The Labute approximate surface area is 130 Å². The number of aryl methyl sites for hydroxylation is 2. The van der Waals surface area contributed by atoms with E-state index in [9.17, 15) is 5.11 Å². The molecule has 0 aliphatic heterocycles. The smallest absolute Gasteiger partial charge is 0.202 e. The van der Waals surface area contributed by atoms with Gasteiger partial charge in [0.25, 0.3) is 0 Å². The molecule has 0 spiro atoms. The predicted octanol–water partition coefficient (Wildman–Crippen LogP) is 4.23. The summed E-state index contributed by atoms with van der Waals surface area (Å²) in [5.74, 6) is 0.225. The van der Waals surface area contributed by atoms with Gasteiger partial charge in [0.1, 0.15) is 0 Å². The summed E-state index contributed by atoms with van der Waals surface area (Å²) in [4.78, 5) is 4.79. The van der Waals surface area contributed by atoms with Crippen LogP contribution in [0.15, 0.2) is 24.4 Å². The molecular formula is C18H23N3O.